The molecule has 18 heavy (non-hydrogen) atoms. The molecule has 1 rings (SSSR count). The first kappa shape index (κ1) is 14.6. The number of carboxylic acid groups (broad SMARTS) is 1. The average molecular weight is 255 g/mol. The summed E-state index contributed by atoms with van der Waals surface area (Å²) >= 11 is 0. The van der Waals surface area contributed by atoms with E-state index in [4.69, 9.17) is 9.52 Å². The van der Waals surface area contributed by atoms with Gasteiger partial charge in [0.15, 0.2) is 0 Å². The van der Waals surface area contributed by atoms with E-state index < -0.39 is 11.5 Å². The normalized spacial score (nSPS) is 13.1. The van der Waals surface area contributed by atoms with Crippen molar-refractivity contribution in [2.24, 2.45) is 0 Å². The van der Waals surface area contributed by atoms with Crippen LogP contribution >= 0.6 is 0 Å². The van der Waals surface area contributed by atoms with Gasteiger partial charge in [0, 0.05) is 5.41 Å². The second-order valence-electron chi connectivity index (χ2n) is 5.97. The minimum Gasteiger partial charge on any atom is -0.480 e. The Morgan fingerprint density at radius 3 is 2.22 bits per heavy atom. The molecule has 0 radical (unpaired) electrons. The van der Waals surface area contributed by atoms with E-state index in [0.29, 0.717) is 18.3 Å². The molecule has 0 aliphatic heterocycles. The van der Waals surface area contributed by atoms with E-state index in [0.717, 1.165) is 0 Å². The standard InChI is InChI=1S/C12H21N3O3/c1-11(2,3)9-14-13-8(18-9)7-15(6)12(4,5)10(16)17/h7H2,1-6H3,(H,16,17). The van der Waals surface area contributed by atoms with Crippen LogP contribution in [0.25, 0.3) is 0 Å². The molecule has 0 saturated carbocycles. The van der Waals surface area contributed by atoms with Gasteiger partial charge in [0.25, 0.3) is 0 Å². The molecule has 1 heterocycles. The Balaban J connectivity index is 2.80. The van der Waals surface area contributed by atoms with Crippen molar-refractivity contribution in [3.05, 3.63) is 11.8 Å². The lowest BCUT2D eigenvalue weighted by molar-refractivity contribution is -0.149. The molecular weight excluding hydrogens is 234 g/mol. The zero-order valence-corrected chi connectivity index (χ0v) is 11.8. The van der Waals surface area contributed by atoms with Crippen molar-refractivity contribution in [3.8, 4) is 0 Å². The number of carbonyl (C=O) groups is 1. The highest BCUT2D eigenvalue weighted by molar-refractivity contribution is 5.77. The van der Waals surface area contributed by atoms with Crippen molar-refractivity contribution >= 4 is 5.97 Å². The Hall–Kier alpha value is -1.43. The first-order chi connectivity index (χ1) is 8.05. The summed E-state index contributed by atoms with van der Waals surface area (Å²) in [6.45, 7) is 9.52. The van der Waals surface area contributed by atoms with Crippen LogP contribution in [0.3, 0.4) is 0 Å². The number of aromatic nitrogens is 2. The van der Waals surface area contributed by atoms with Gasteiger partial charge in [-0.1, -0.05) is 20.8 Å². The first-order valence-electron chi connectivity index (χ1n) is 5.82. The number of likely N-dealkylation sites (N-methyl/N-ethyl adjacent to an activating group) is 1. The summed E-state index contributed by atoms with van der Waals surface area (Å²) in [7, 11) is 1.72. The molecule has 0 fully saturated rings. The zero-order valence-electron chi connectivity index (χ0n) is 11.8. The van der Waals surface area contributed by atoms with E-state index in [9.17, 15) is 4.79 Å². The van der Waals surface area contributed by atoms with Crippen LogP contribution in [0.2, 0.25) is 0 Å². The van der Waals surface area contributed by atoms with E-state index in [1.54, 1.807) is 25.8 Å². The van der Waals surface area contributed by atoms with Gasteiger partial charge in [0.05, 0.1) is 6.54 Å². The molecule has 0 aromatic carbocycles. The smallest absolute Gasteiger partial charge is 0.323 e. The quantitative estimate of drug-likeness (QED) is 0.881. The van der Waals surface area contributed by atoms with Gasteiger partial charge < -0.3 is 9.52 Å². The summed E-state index contributed by atoms with van der Waals surface area (Å²) in [5, 5.41) is 17.0. The number of hydrogen-bond donors (Lipinski definition) is 1. The molecule has 0 saturated heterocycles. The molecule has 1 N–H and O–H groups in total. The van der Waals surface area contributed by atoms with Crippen LogP contribution in [0, 0.1) is 0 Å². The molecule has 0 aliphatic rings. The van der Waals surface area contributed by atoms with E-state index in [1.165, 1.54) is 0 Å². The van der Waals surface area contributed by atoms with E-state index in [1.807, 2.05) is 20.8 Å². The van der Waals surface area contributed by atoms with Crippen molar-refractivity contribution in [1.82, 2.24) is 15.1 Å². The second kappa shape index (κ2) is 4.68. The van der Waals surface area contributed by atoms with Gasteiger partial charge in [0.2, 0.25) is 11.8 Å². The molecule has 1 aromatic rings. The van der Waals surface area contributed by atoms with Crippen LogP contribution in [-0.4, -0.2) is 38.8 Å². The second-order valence-corrected chi connectivity index (χ2v) is 5.97. The number of rotatable bonds is 4. The SMILES string of the molecule is CN(Cc1nnc(C(C)(C)C)o1)C(C)(C)C(=O)O. The van der Waals surface area contributed by atoms with Crippen LogP contribution in [0.15, 0.2) is 4.42 Å². The van der Waals surface area contributed by atoms with Crippen LogP contribution in [0.1, 0.15) is 46.4 Å². The number of nitrogens with zero attached hydrogens (tertiary/aromatic N) is 3. The molecule has 102 valence electrons. The monoisotopic (exact) mass is 255 g/mol. The summed E-state index contributed by atoms with van der Waals surface area (Å²) in [5.74, 6) is 0.0938. The summed E-state index contributed by atoms with van der Waals surface area (Å²) < 4.78 is 5.54. The van der Waals surface area contributed by atoms with Crippen molar-refractivity contribution < 1.29 is 14.3 Å². The van der Waals surface area contributed by atoms with E-state index >= 15 is 0 Å². The summed E-state index contributed by atoms with van der Waals surface area (Å²) in [4.78, 5) is 12.8. The average Bonchev–Trinajstić information content (AvgIpc) is 2.65. The highest BCUT2D eigenvalue weighted by Crippen LogP contribution is 2.22. The van der Waals surface area contributed by atoms with Crippen LogP contribution < -0.4 is 0 Å². The largest absolute Gasteiger partial charge is 0.480 e. The minimum absolute atomic E-state index is 0.202. The Bertz CT molecular complexity index is 432. The fraction of sp³-hybridized carbons (Fsp3) is 0.750. The van der Waals surface area contributed by atoms with Gasteiger partial charge >= 0.3 is 5.97 Å². The lowest BCUT2D eigenvalue weighted by Gasteiger charge is -2.30. The molecule has 6 nitrogen and oxygen atoms in total. The third kappa shape index (κ3) is 3.07. The highest BCUT2D eigenvalue weighted by atomic mass is 16.4. The predicted octanol–water partition coefficient (Wildman–Crippen LogP) is 1.66. The van der Waals surface area contributed by atoms with Crippen LogP contribution in [0.4, 0.5) is 0 Å². The third-order valence-electron chi connectivity index (χ3n) is 2.96. The van der Waals surface area contributed by atoms with Crippen molar-refractivity contribution in [2.45, 2.75) is 52.1 Å². The fourth-order valence-electron chi connectivity index (χ4n) is 1.18. The summed E-state index contributed by atoms with van der Waals surface area (Å²) in [6, 6.07) is 0. The minimum atomic E-state index is -0.976. The highest BCUT2D eigenvalue weighted by Gasteiger charge is 2.33. The number of carboxylic acids is 1. The first-order valence-corrected chi connectivity index (χ1v) is 5.82. The van der Waals surface area contributed by atoms with Gasteiger partial charge in [-0.3, -0.25) is 9.69 Å². The topological polar surface area (TPSA) is 79.5 Å². The Kier molecular flexibility index (Phi) is 3.81. The number of aliphatic carboxylic acids is 1. The maximum Gasteiger partial charge on any atom is 0.323 e. The van der Waals surface area contributed by atoms with Crippen molar-refractivity contribution in [3.63, 3.8) is 0 Å². The molecular formula is C12H21N3O3. The molecule has 0 bridgehead atoms. The molecule has 0 amide bonds. The fourth-order valence-corrected chi connectivity index (χ4v) is 1.18. The maximum atomic E-state index is 11.1. The molecule has 0 spiro atoms. The zero-order chi connectivity index (χ0) is 14.1. The van der Waals surface area contributed by atoms with Gasteiger partial charge in [-0.05, 0) is 20.9 Å². The van der Waals surface area contributed by atoms with Gasteiger partial charge in [0.1, 0.15) is 5.54 Å². The third-order valence-corrected chi connectivity index (χ3v) is 2.96. The van der Waals surface area contributed by atoms with E-state index in [-0.39, 0.29) is 5.41 Å². The van der Waals surface area contributed by atoms with Crippen LogP contribution in [-0.2, 0) is 16.8 Å². The van der Waals surface area contributed by atoms with E-state index in [2.05, 4.69) is 10.2 Å². The van der Waals surface area contributed by atoms with Gasteiger partial charge in [-0.25, -0.2) is 0 Å². The van der Waals surface area contributed by atoms with Crippen LogP contribution in [0.5, 0.6) is 0 Å². The lowest BCUT2D eigenvalue weighted by atomic mass is 9.97. The van der Waals surface area contributed by atoms with Crippen molar-refractivity contribution in [2.75, 3.05) is 7.05 Å². The summed E-state index contributed by atoms with van der Waals surface area (Å²) in [5.41, 5.74) is -1.18. The molecule has 0 unspecified atom stereocenters. The van der Waals surface area contributed by atoms with Gasteiger partial charge in [-0.15, -0.1) is 10.2 Å². The maximum absolute atomic E-state index is 11.1. The van der Waals surface area contributed by atoms with Crippen molar-refractivity contribution in [1.29, 1.82) is 0 Å². The summed E-state index contributed by atoms with van der Waals surface area (Å²) in [6.07, 6.45) is 0. The molecule has 0 atom stereocenters. The Morgan fingerprint density at radius 1 is 1.28 bits per heavy atom. The lowest BCUT2D eigenvalue weighted by Crippen LogP contribution is -2.47. The molecule has 6 heteroatoms. The predicted molar refractivity (Wildman–Crippen MR) is 66.2 cm³/mol. The Morgan fingerprint density at radius 2 is 1.83 bits per heavy atom. The number of hydrogen-bond acceptors (Lipinski definition) is 5. The molecule has 1 aromatic heterocycles. The van der Waals surface area contributed by atoms with Gasteiger partial charge in [-0.2, -0.15) is 0 Å². The Labute approximate surface area is 107 Å². The molecule has 0 aliphatic carbocycles.